The highest BCUT2D eigenvalue weighted by atomic mass is 16.5. The van der Waals surface area contributed by atoms with Crippen LogP contribution in [0.2, 0.25) is 0 Å². The van der Waals surface area contributed by atoms with Crippen LogP contribution in [-0.4, -0.2) is 12.1 Å². The number of hydrogen-bond acceptors (Lipinski definition) is 2. The lowest BCUT2D eigenvalue weighted by molar-refractivity contribution is -0.150. The minimum absolute atomic E-state index is 0.0498. The van der Waals surface area contributed by atoms with Crippen molar-refractivity contribution in [3.05, 3.63) is 0 Å². The third-order valence-electron chi connectivity index (χ3n) is 6.42. The van der Waals surface area contributed by atoms with Gasteiger partial charge in [0.1, 0.15) is 6.10 Å². The molecule has 0 aliphatic heterocycles. The van der Waals surface area contributed by atoms with Crippen LogP contribution in [0.25, 0.3) is 0 Å². The third-order valence-corrected chi connectivity index (χ3v) is 6.42. The molecule has 1 unspecified atom stereocenters. The summed E-state index contributed by atoms with van der Waals surface area (Å²) in [6, 6.07) is 0. The largest absolute Gasteiger partial charge is 0.462 e. The van der Waals surface area contributed by atoms with Gasteiger partial charge in [0.25, 0.3) is 0 Å². The van der Waals surface area contributed by atoms with Crippen molar-refractivity contribution in [3.8, 4) is 0 Å². The number of hydrogen-bond donors (Lipinski definition) is 0. The Labute approximate surface area is 150 Å². The second-order valence-electron chi connectivity index (χ2n) is 8.65. The normalized spacial score (nSPS) is 26.9. The molecule has 0 saturated heterocycles. The van der Waals surface area contributed by atoms with Crippen molar-refractivity contribution in [2.75, 3.05) is 0 Å². The number of carbonyl (C=O) groups is 1. The minimum atomic E-state index is 0.0498. The van der Waals surface area contributed by atoms with Crippen molar-refractivity contribution in [2.45, 2.75) is 116 Å². The summed E-state index contributed by atoms with van der Waals surface area (Å²) in [5, 5.41) is 0. The summed E-state index contributed by atoms with van der Waals surface area (Å²) in [6.45, 7) is 4.63. The van der Waals surface area contributed by atoms with Crippen molar-refractivity contribution in [1.82, 2.24) is 0 Å². The molecule has 0 bridgehead atoms. The zero-order valence-corrected chi connectivity index (χ0v) is 16.2. The number of carbonyl (C=O) groups excluding carboxylic acids is 1. The molecule has 2 rings (SSSR count). The van der Waals surface area contributed by atoms with E-state index >= 15 is 0 Å². The van der Waals surface area contributed by atoms with Gasteiger partial charge in [-0.15, -0.1) is 0 Å². The predicted octanol–water partition coefficient (Wildman–Crippen LogP) is 6.67. The van der Waals surface area contributed by atoms with E-state index in [-0.39, 0.29) is 12.1 Å². The van der Waals surface area contributed by atoms with E-state index in [4.69, 9.17) is 4.74 Å². The summed E-state index contributed by atoms with van der Waals surface area (Å²) < 4.78 is 5.63. The highest BCUT2D eigenvalue weighted by molar-refractivity contribution is 5.69. The Balaban J connectivity index is 1.51. The van der Waals surface area contributed by atoms with E-state index in [1.165, 1.54) is 70.6 Å². The van der Waals surface area contributed by atoms with E-state index < -0.39 is 0 Å². The van der Waals surface area contributed by atoms with E-state index in [1.807, 2.05) is 0 Å². The lowest BCUT2D eigenvalue weighted by atomic mass is 9.77. The van der Waals surface area contributed by atoms with Crippen LogP contribution < -0.4 is 0 Å². The van der Waals surface area contributed by atoms with Gasteiger partial charge < -0.3 is 4.74 Å². The van der Waals surface area contributed by atoms with Crippen molar-refractivity contribution in [3.63, 3.8) is 0 Å². The van der Waals surface area contributed by atoms with E-state index in [0.29, 0.717) is 12.3 Å². The number of esters is 1. The van der Waals surface area contributed by atoms with Gasteiger partial charge in [-0.05, 0) is 49.9 Å². The van der Waals surface area contributed by atoms with Crippen LogP contribution in [0.5, 0.6) is 0 Å². The molecule has 0 aromatic carbocycles. The molecule has 2 aliphatic rings. The fourth-order valence-corrected chi connectivity index (χ4v) is 4.67. The third kappa shape index (κ3) is 7.57. The standard InChI is InChI=1S/C22H40O2/c1-3-7-19-13-15-20(16-14-19)12-10-18(2)11-17-22(23)24-21-8-5-4-6-9-21/h18-21H,3-17H2,1-2H3. The minimum Gasteiger partial charge on any atom is -0.462 e. The van der Waals surface area contributed by atoms with Gasteiger partial charge in [-0.1, -0.05) is 71.6 Å². The Morgan fingerprint density at radius 2 is 1.54 bits per heavy atom. The maximum absolute atomic E-state index is 12.0. The number of ether oxygens (including phenoxy) is 1. The quantitative estimate of drug-likeness (QED) is 0.440. The molecule has 0 spiro atoms. The second kappa shape index (κ2) is 11.2. The zero-order valence-electron chi connectivity index (χ0n) is 16.2. The van der Waals surface area contributed by atoms with Crippen molar-refractivity contribution in [2.24, 2.45) is 17.8 Å². The highest BCUT2D eigenvalue weighted by Gasteiger charge is 2.21. The molecule has 0 amide bonds. The van der Waals surface area contributed by atoms with E-state index in [1.54, 1.807) is 0 Å². The van der Waals surface area contributed by atoms with Crippen molar-refractivity contribution >= 4 is 5.97 Å². The molecule has 0 aromatic heterocycles. The van der Waals surface area contributed by atoms with Gasteiger partial charge in [-0.3, -0.25) is 4.79 Å². The Morgan fingerprint density at radius 1 is 0.917 bits per heavy atom. The monoisotopic (exact) mass is 336 g/mol. The van der Waals surface area contributed by atoms with Crippen molar-refractivity contribution in [1.29, 1.82) is 0 Å². The highest BCUT2D eigenvalue weighted by Crippen LogP contribution is 2.34. The smallest absolute Gasteiger partial charge is 0.306 e. The first-order valence-electron chi connectivity index (χ1n) is 10.9. The van der Waals surface area contributed by atoms with Gasteiger partial charge in [-0.25, -0.2) is 0 Å². The zero-order chi connectivity index (χ0) is 17.2. The molecule has 0 radical (unpaired) electrons. The first-order chi connectivity index (χ1) is 11.7. The fourth-order valence-electron chi connectivity index (χ4n) is 4.67. The second-order valence-corrected chi connectivity index (χ2v) is 8.65. The van der Waals surface area contributed by atoms with Crippen LogP contribution in [0.1, 0.15) is 110 Å². The summed E-state index contributed by atoms with van der Waals surface area (Å²) in [4.78, 5) is 12.0. The van der Waals surface area contributed by atoms with E-state index in [0.717, 1.165) is 31.1 Å². The molecule has 24 heavy (non-hydrogen) atoms. The van der Waals surface area contributed by atoms with Crippen molar-refractivity contribution < 1.29 is 9.53 Å². The number of rotatable bonds is 9. The molecular formula is C22H40O2. The Kier molecular flexibility index (Phi) is 9.20. The molecule has 1 atom stereocenters. The lowest BCUT2D eigenvalue weighted by Gasteiger charge is -2.29. The van der Waals surface area contributed by atoms with Gasteiger partial charge in [-0.2, -0.15) is 0 Å². The van der Waals surface area contributed by atoms with Gasteiger partial charge in [0.15, 0.2) is 0 Å². The van der Waals surface area contributed by atoms with Crippen LogP contribution in [0.3, 0.4) is 0 Å². The first kappa shape index (κ1) is 19.8. The molecule has 2 heteroatoms. The van der Waals surface area contributed by atoms with Gasteiger partial charge in [0.05, 0.1) is 0 Å². The molecule has 2 fully saturated rings. The average Bonchev–Trinajstić information content (AvgIpc) is 2.60. The predicted molar refractivity (Wildman–Crippen MR) is 101 cm³/mol. The summed E-state index contributed by atoms with van der Waals surface area (Å²) in [6.07, 6.45) is 19.1. The van der Waals surface area contributed by atoms with Gasteiger partial charge in [0.2, 0.25) is 0 Å². The molecule has 140 valence electrons. The Morgan fingerprint density at radius 3 is 2.17 bits per heavy atom. The Bertz CT molecular complexity index is 338. The Hall–Kier alpha value is -0.530. The molecule has 2 aliphatic carbocycles. The molecular weight excluding hydrogens is 296 g/mol. The summed E-state index contributed by atoms with van der Waals surface area (Å²) >= 11 is 0. The van der Waals surface area contributed by atoms with E-state index in [2.05, 4.69) is 13.8 Å². The topological polar surface area (TPSA) is 26.3 Å². The van der Waals surface area contributed by atoms with Gasteiger partial charge >= 0.3 is 5.97 Å². The molecule has 0 aromatic rings. The van der Waals surface area contributed by atoms with E-state index in [9.17, 15) is 4.79 Å². The van der Waals surface area contributed by atoms with Crippen LogP contribution in [-0.2, 0) is 9.53 Å². The molecule has 2 nitrogen and oxygen atoms in total. The summed E-state index contributed by atoms with van der Waals surface area (Å²) in [5.74, 6) is 2.68. The summed E-state index contributed by atoms with van der Waals surface area (Å²) in [7, 11) is 0. The van der Waals surface area contributed by atoms with Crippen LogP contribution in [0, 0.1) is 17.8 Å². The molecule has 0 heterocycles. The van der Waals surface area contributed by atoms with Gasteiger partial charge in [0, 0.05) is 6.42 Å². The fraction of sp³-hybridized carbons (Fsp3) is 0.955. The summed E-state index contributed by atoms with van der Waals surface area (Å²) in [5.41, 5.74) is 0. The van der Waals surface area contributed by atoms with Crippen LogP contribution in [0.4, 0.5) is 0 Å². The SMILES string of the molecule is CCCC1CCC(CCC(C)CCC(=O)OC2CCCCC2)CC1. The maximum Gasteiger partial charge on any atom is 0.306 e. The average molecular weight is 337 g/mol. The van der Waals surface area contributed by atoms with Crippen LogP contribution in [0.15, 0.2) is 0 Å². The lowest BCUT2D eigenvalue weighted by Crippen LogP contribution is -2.21. The first-order valence-corrected chi connectivity index (χ1v) is 10.9. The molecule has 0 N–H and O–H groups in total. The van der Waals surface area contributed by atoms with Crippen LogP contribution >= 0.6 is 0 Å². The maximum atomic E-state index is 12.0. The molecule has 2 saturated carbocycles.